The van der Waals surface area contributed by atoms with Gasteiger partial charge in [-0.1, -0.05) is 51.1 Å². The van der Waals surface area contributed by atoms with Gasteiger partial charge in [0.25, 0.3) is 0 Å². The lowest BCUT2D eigenvalue weighted by molar-refractivity contribution is 0.645. The summed E-state index contributed by atoms with van der Waals surface area (Å²) in [6.07, 6.45) is 2.23. The molecule has 1 aromatic heterocycles. The molecule has 0 aliphatic carbocycles. The molecule has 0 atom stereocenters. The molecule has 0 radical (unpaired) electrons. The Bertz CT molecular complexity index is 517. The highest BCUT2D eigenvalue weighted by atomic mass is 32.1. The summed E-state index contributed by atoms with van der Waals surface area (Å²) in [7, 11) is 0. The quantitative estimate of drug-likeness (QED) is 0.758. The van der Waals surface area contributed by atoms with Crippen LogP contribution in [0.3, 0.4) is 0 Å². The van der Waals surface area contributed by atoms with Crippen molar-refractivity contribution in [1.82, 2.24) is 10.3 Å². The second-order valence-electron chi connectivity index (χ2n) is 5.52. The van der Waals surface area contributed by atoms with Gasteiger partial charge in [-0.25, -0.2) is 4.98 Å². The van der Waals surface area contributed by atoms with Crippen molar-refractivity contribution in [3.05, 3.63) is 40.2 Å². The molecule has 0 spiro atoms. The molecule has 2 nitrogen and oxygen atoms in total. The second kappa shape index (κ2) is 7.55. The van der Waals surface area contributed by atoms with E-state index in [1.165, 1.54) is 21.9 Å². The van der Waals surface area contributed by atoms with Gasteiger partial charge in [0.15, 0.2) is 0 Å². The van der Waals surface area contributed by atoms with Gasteiger partial charge in [-0.3, -0.25) is 0 Å². The summed E-state index contributed by atoms with van der Waals surface area (Å²) in [5.74, 6) is 0.654. The molecule has 0 unspecified atom stereocenters. The predicted molar refractivity (Wildman–Crippen MR) is 88.1 cm³/mol. The molecule has 3 heteroatoms. The summed E-state index contributed by atoms with van der Waals surface area (Å²) in [5, 5.41) is 4.76. The van der Waals surface area contributed by atoms with Crippen molar-refractivity contribution in [1.29, 1.82) is 0 Å². The summed E-state index contributed by atoms with van der Waals surface area (Å²) in [4.78, 5) is 6.24. The maximum atomic E-state index is 4.88. The van der Waals surface area contributed by atoms with Crippen LogP contribution >= 0.6 is 11.3 Å². The minimum Gasteiger partial charge on any atom is -0.312 e. The number of nitrogens with one attached hydrogen (secondary N) is 1. The number of hydrogen-bond donors (Lipinski definition) is 1. The number of aromatic nitrogens is 1. The van der Waals surface area contributed by atoms with Gasteiger partial charge in [-0.2, -0.15) is 0 Å². The molecule has 20 heavy (non-hydrogen) atoms. The standard InChI is InChI=1S/C17H24N2S/c1-4-10-18-12-15-17(14-8-6-5-7-9-14)19-16(20-15)11-13(2)3/h5-9,13,18H,4,10-12H2,1-3H3. The van der Waals surface area contributed by atoms with Crippen molar-refractivity contribution in [2.45, 2.75) is 40.2 Å². The molecule has 0 amide bonds. The lowest BCUT2D eigenvalue weighted by Crippen LogP contribution is -2.13. The Morgan fingerprint density at radius 2 is 1.95 bits per heavy atom. The van der Waals surface area contributed by atoms with E-state index >= 15 is 0 Å². The predicted octanol–water partition coefficient (Wildman–Crippen LogP) is 4.51. The second-order valence-corrected chi connectivity index (χ2v) is 6.69. The highest BCUT2D eigenvalue weighted by Gasteiger charge is 2.13. The van der Waals surface area contributed by atoms with Crippen molar-refractivity contribution in [2.24, 2.45) is 5.92 Å². The fraction of sp³-hybridized carbons (Fsp3) is 0.471. The molecule has 1 heterocycles. The van der Waals surface area contributed by atoms with Gasteiger partial charge < -0.3 is 5.32 Å². The Balaban J connectivity index is 2.24. The first-order valence-corrected chi connectivity index (χ1v) is 8.27. The molecule has 0 aliphatic rings. The van der Waals surface area contributed by atoms with Gasteiger partial charge in [-0.05, 0) is 18.9 Å². The largest absolute Gasteiger partial charge is 0.312 e. The molecule has 2 rings (SSSR count). The van der Waals surface area contributed by atoms with Crippen molar-refractivity contribution in [3.63, 3.8) is 0 Å². The van der Waals surface area contributed by atoms with Gasteiger partial charge in [0.2, 0.25) is 0 Å². The summed E-state index contributed by atoms with van der Waals surface area (Å²) in [6, 6.07) is 10.5. The third-order valence-corrected chi connectivity index (χ3v) is 4.16. The third kappa shape index (κ3) is 4.15. The van der Waals surface area contributed by atoms with E-state index in [1.807, 2.05) is 11.3 Å². The zero-order valence-electron chi connectivity index (χ0n) is 12.6. The van der Waals surface area contributed by atoms with E-state index < -0.39 is 0 Å². The first kappa shape index (κ1) is 15.2. The number of rotatable bonds is 7. The maximum Gasteiger partial charge on any atom is 0.0938 e. The fourth-order valence-corrected chi connectivity index (χ4v) is 3.43. The molecule has 0 fully saturated rings. The summed E-state index contributed by atoms with van der Waals surface area (Å²) < 4.78 is 0. The smallest absolute Gasteiger partial charge is 0.0938 e. The molecule has 1 aromatic carbocycles. The summed E-state index contributed by atoms with van der Waals surface area (Å²) in [5.41, 5.74) is 2.39. The molecule has 2 aromatic rings. The van der Waals surface area contributed by atoms with Gasteiger partial charge >= 0.3 is 0 Å². The molecule has 0 aliphatic heterocycles. The molecular formula is C17H24N2S. The highest BCUT2D eigenvalue weighted by Crippen LogP contribution is 2.29. The molecule has 1 N–H and O–H groups in total. The van der Waals surface area contributed by atoms with E-state index in [2.05, 4.69) is 56.4 Å². The average molecular weight is 288 g/mol. The molecule has 0 saturated heterocycles. The summed E-state index contributed by atoms with van der Waals surface area (Å²) >= 11 is 1.86. The van der Waals surface area contributed by atoms with Gasteiger partial charge in [0, 0.05) is 23.4 Å². The number of nitrogens with zero attached hydrogens (tertiary/aromatic N) is 1. The highest BCUT2D eigenvalue weighted by molar-refractivity contribution is 7.12. The van der Waals surface area contributed by atoms with E-state index in [-0.39, 0.29) is 0 Å². The number of thiazole rings is 1. The van der Waals surface area contributed by atoms with Crippen LogP contribution in [0.25, 0.3) is 11.3 Å². The summed E-state index contributed by atoms with van der Waals surface area (Å²) in [6.45, 7) is 8.68. The Hall–Kier alpha value is -1.19. The first-order valence-electron chi connectivity index (χ1n) is 7.45. The number of hydrogen-bond acceptors (Lipinski definition) is 3. The topological polar surface area (TPSA) is 24.9 Å². The maximum absolute atomic E-state index is 4.88. The van der Waals surface area contributed by atoms with Crippen molar-refractivity contribution in [3.8, 4) is 11.3 Å². The molecule has 108 valence electrons. The van der Waals surface area contributed by atoms with Gasteiger partial charge in [0.05, 0.1) is 10.7 Å². The zero-order chi connectivity index (χ0) is 14.4. The van der Waals surface area contributed by atoms with Crippen LogP contribution in [0.15, 0.2) is 30.3 Å². The van der Waals surface area contributed by atoms with Crippen LogP contribution in [-0.2, 0) is 13.0 Å². The Kier molecular flexibility index (Phi) is 5.74. The molecule has 0 bridgehead atoms. The van der Waals surface area contributed by atoms with Crippen LogP contribution in [0, 0.1) is 5.92 Å². The van der Waals surface area contributed by atoms with Crippen LogP contribution in [0.4, 0.5) is 0 Å². The monoisotopic (exact) mass is 288 g/mol. The van der Waals surface area contributed by atoms with Crippen LogP contribution in [0.1, 0.15) is 37.1 Å². The van der Waals surface area contributed by atoms with Crippen LogP contribution in [0.5, 0.6) is 0 Å². The van der Waals surface area contributed by atoms with Gasteiger partial charge in [-0.15, -0.1) is 11.3 Å². The Morgan fingerprint density at radius 1 is 1.20 bits per heavy atom. The fourth-order valence-electron chi connectivity index (χ4n) is 2.16. The van der Waals surface area contributed by atoms with Crippen LogP contribution in [-0.4, -0.2) is 11.5 Å². The van der Waals surface area contributed by atoms with Crippen molar-refractivity contribution >= 4 is 11.3 Å². The van der Waals surface area contributed by atoms with E-state index in [0.717, 1.165) is 25.2 Å². The Labute approximate surface area is 126 Å². The molecular weight excluding hydrogens is 264 g/mol. The van der Waals surface area contributed by atoms with Crippen LogP contribution < -0.4 is 5.32 Å². The lowest BCUT2D eigenvalue weighted by Gasteiger charge is -2.03. The van der Waals surface area contributed by atoms with E-state index in [1.54, 1.807) is 0 Å². The average Bonchev–Trinajstić information content (AvgIpc) is 2.82. The SMILES string of the molecule is CCCNCc1sc(CC(C)C)nc1-c1ccccc1. The minimum absolute atomic E-state index is 0.654. The molecule has 0 saturated carbocycles. The van der Waals surface area contributed by atoms with Gasteiger partial charge in [0.1, 0.15) is 0 Å². The van der Waals surface area contributed by atoms with Crippen molar-refractivity contribution in [2.75, 3.05) is 6.54 Å². The Morgan fingerprint density at radius 3 is 2.60 bits per heavy atom. The van der Waals surface area contributed by atoms with E-state index in [0.29, 0.717) is 5.92 Å². The van der Waals surface area contributed by atoms with E-state index in [4.69, 9.17) is 4.98 Å². The zero-order valence-corrected chi connectivity index (χ0v) is 13.5. The lowest BCUT2D eigenvalue weighted by atomic mass is 10.1. The third-order valence-electron chi connectivity index (χ3n) is 3.08. The number of benzene rings is 1. The first-order chi connectivity index (χ1) is 9.70. The normalized spacial score (nSPS) is 11.2. The minimum atomic E-state index is 0.654. The van der Waals surface area contributed by atoms with E-state index in [9.17, 15) is 0 Å². The van der Waals surface area contributed by atoms with Crippen LogP contribution in [0.2, 0.25) is 0 Å². The van der Waals surface area contributed by atoms with Crippen molar-refractivity contribution < 1.29 is 0 Å².